The van der Waals surface area contributed by atoms with Gasteiger partial charge in [-0.05, 0) is 44.2 Å². The molecular weight excluding hydrogens is 412 g/mol. The van der Waals surface area contributed by atoms with Gasteiger partial charge in [0.1, 0.15) is 0 Å². The highest BCUT2D eigenvalue weighted by atomic mass is 16.2. The maximum absolute atomic E-state index is 13.0. The molecule has 0 spiro atoms. The van der Waals surface area contributed by atoms with Crippen LogP contribution in [0.4, 0.5) is 0 Å². The zero-order chi connectivity index (χ0) is 23.2. The summed E-state index contributed by atoms with van der Waals surface area (Å²) < 4.78 is 0. The molecule has 0 N–H and O–H groups in total. The van der Waals surface area contributed by atoms with Gasteiger partial charge in [-0.1, -0.05) is 60.2 Å². The molecule has 2 aromatic rings. The van der Waals surface area contributed by atoms with Gasteiger partial charge in [-0.2, -0.15) is 0 Å². The average molecular weight is 445 g/mol. The fraction of sp³-hybridized carbons (Fsp3) is 0.393. The van der Waals surface area contributed by atoms with Crippen LogP contribution in [0, 0.1) is 18.8 Å². The maximum atomic E-state index is 13.0. The normalized spacial score (nSPS) is 18.0. The van der Waals surface area contributed by atoms with Crippen molar-refractivity contribution < 1.29 is 14.4 Å². The highest BCUT2D eigenvalue weighted by molar-refractivity contribution is 5.98. The van der Waals surface area contributed by atoms with Crippen molar-refractivity contribution in [2.75, 3.05) is 26.2 Å². The minimum atomic E-state index is -0.0310. The van der Waals surface area contributed by atoms with E-state index in [0.717, 1.165) is 29.5 Å². The smallest absolute Gasteiger partial charge is 0.246 e. The number of Topliss-reactive ketones (excluding diaryl/α,β-unsaturated/α-hetero) is 1. The first-order valence-corrected chi connectivity index (χ1v) is 11.9. The van der Waals surface area contributed by atoms with Crippen LogP contribution in [0.15, 0.2) is 60.7 Å². The SMILES string of the molecule is Cc1ccc(C(=O)C2CCN(C(=O)C3CCN(C(=O)C=Cc4ccccc4)CC3)CC2)cc1. The van der Waals surface area contributed by atoms with Crippen molar-refractivity contribution in [2.24, 2.45) is 11.8 Å². The fourth-order valence-electron chi connectivity index (χ4n) is 4.76. The highest BCUT2D eigenvalue weighted by Gasteiger charge is 2.33. The zero-order valence-electron chi connectivity index (χ0n) is 19.3. The van der Waals surface area contributed by atoms with Gasteiger partial charge < -0.3 is 9.80 Å². The summed E-state index contributed by atoms with van der Waals surface area (Å²) in [7, 11) is 0. The van der Waals surface area contributed by atoms with Gasteiger partial charge in [0, 0.05) is 49.7 Å². The molecule has 2 saturated heterocycles. The Hall–Kier alpha value is -3.21. The summed E-state index contributed by atoms with van der Waals surface area (Å²) in [4.78, 5) is 42.1. The standard InChI is InChI=1S/C28H32N2O3/c1-21-7-10-23(11-8-21)27(32)24-13-19-30(20-14-24)28(33)25-15-17-29(18-16-25)26(31)12-9-22-5-3-2-4-6-22/h2-12,24-25H,13-20H2,1H3. The lowest BCUT2D eigenvalue weighted by atomic mass is 9.87. The van der Waals surface area contributed by atoms with Gasteiger partial charge >= 0.3 is 0 Å². The minimum absolute atomic E-state index is 0.000171. The number of piperidine rings is 2. The Morgan fingerprint density at radius 3 is 1.97 bits per heavy atom. The molecule has 0 saturated carbocycles. The molecule has 2 heterocycles. The van der Waals surface area contributed by atoms with Gasteiger partial charge in [-0.15, -0.1) is 0 Å². The molecule has 0 unspecified atom stereocenters. The van der Waals surface area contributed by atoms with E-state index in [1.54, 1.807) is 6.08 Å². The molecule has 0 radical (unpaired) electrons. The van der Waals surface area contributed by atoms with Gasteiger partial charge in [0.05, 0.1) is 0 Å². The average Bonchev–Trinajstić information content (AvgIpc) is 2.87. The van der Waals surface area contributed by atoms with Crippen molar-refractivity contribution >= 4 is 23.7 Å². The largest absolute Gasteiger partial charge is 0.342 e. The molecule has 0 atom stereocenters. The molecule has 33 heavy (non-hydrogen) atoms. The second kappa shape index (κ2) is 10.6. The van der Waals surface area contributed by atoms with E-state index >= 15 is 0 Å². The van der Waals surface area contributed by atoms with Crippen molar-refractivity contribution in [1.82, 2.24) is 9.80 Å². The molecule has 2 amide bonds. The number of aryl methyl sites for hydroxylation is 1. The number of carbonyl (C=O) groups is 3. The van der Waals surface area contributed by atoms with Crippen LogP contribution in [0.3, 0.4) is 0 Å². The first-order chi connectivity index (χ1) is 16.0. The van der Waals surface area contributed by atoms with Crippen molar-refractivity contribution in [1.29, 1.82) is 0 Å². The number of nitrogens with zero attached hydrogens (tertiary/aromatic N) is 2. The lowest BCUT2D eigenvalue weighted by Gasteiger charge is -2.37. The number of likely N-dealkylation sites (tertiary alicyclic amines) is 2. The van der Waals surface area contributed by atoms with Crippen LogP contribution in [-0.4, -0.2) is 53.6 Å². The summed E-state index contributed by atoms with van der Waals surface area (Å²) >= 11 is 0. The van der Waals surface area contributed by atoms with Crippen LogP contribution in [0.5, 0.6) is 0 Å². The van der Waals surface area contributed by atoms with Gasteiger partial charge in [0.25, 0.3) is 0 Å². The van der Waals surface area contributed by atoms with Crippen LogP contribution < -0.4 is 0 Å². The van der Waals surface area contributed by atoms with Crippen LogP contribution in [0.2, 0.25) is 0 Å². The second-order valence-electron chi connectivity index (χ2n) is 9.17. The highest BCUT2D eigenvalue weighted by Crippen LogP contribution is 2.26. The Morgan fingerprint density at radius 2 is 1.33 bits per heavy atom. The monoisotopic (exact) mass is 444 g/mol. The van der Waals surface area contributed by atoms with E-state index in [-0.39, 0.29) is 29.4 Å². The van der Waals surface area contributed by atoms with Crippen LogP contribution in [-0.2, 0) is 9.59 Å². The Bertz CT molecular complexity index is 997. The topological polar surface area (TPSA) is 57.7 Å². The molecule has 5 nitrogen and oxygen atoms in total. The summed E-state index contributed by atoms with van der Waals surface area (Å²) in [6, 6.07) is 17.5. The lowest BCUT2D eigenvalue weighted by molar-refractivity contribution is -0.140. The van der Waals surface area contributed by atoms with Crippen LogP contribution >= 0.6 is 0 Å². The molecule has 2 aromatic carbocycles. The van der Waals surface area contributed by atoms with Gasteiger partial charge in [0.15, 0.2) is 5.78 Å². The molecule has 0 bridgehead atoms. The van der Waals surface area contributed by atoms with Crippen LogP contribution in [0.1, 0.15) is 47.2 Å². The molecule has 5 heteroatoms. The van der Waals surface area contributed by atoms with Crippen LogP contribution in [0.25, 0.3) is 6.08 Å². The molecular formula is C28H32N2O3. The summed E-state index contributed by atoms with van der Waals surface area (Å²) in [6.07, 6.45) is 6.30. The van der Waals surface area contributed by atoms with E-state index in [9.17, 15) is 14.4 Å². The molecule has 2 aliphatic heterocycles. The number of ketones is 1. The van der Waals surface area contributed by atoms with E-state index in [2.05, 4.69) is 0 Å². The molecule has 0 aromatic heterocycles. The third-order valence-corrected chi connectivity index (χ3v) is 6.89. The summed E-state index contributed by atoms with van der Waals surface area (Å²) in [6.45, 7) is 4.51. The van der Waals surface area contributed by atoms with Gasteiger partial charge in [-0.25, -0.2) is 0 Å². The minimum Gasteiger partial charge on any atom is -0.342 e. The Balaban J connectivity index is 1.23. The van der Waals surface area contributed by atoms with E-state index < -0.39 is 0 Å². The molecule has 2 aliphatic rings. The molecule has 0 aliphatic carbocycles. The predicted molar refractivity (Wildman–Crippen MR) is 130 cm³/mol. The maximum Gasteiger partial charge on any atom is 0.246 e. The summed E-state index contributed by atoms with van der Waals surface area (Å²) in [5.74, 6) is 0.338. The van der Waals surface area contributed by atoms with Crippen molar-refractivity contribution in [2.45, 2.75) is 32.6 Å². The quantitative estimate of drug-likeness (QED) is 0.508. The number of carbonyl (C=O) groups excluding carboxylic acids is 3. The Morgan fingerprint density at radius 1 is 0.758 bits per heavy atom. The van der Waals surface area contributed by atoms with E-state index in [1.165, 1.54) is 0 Å². The molecule has 2 fully saturated rings. The van der Waals surface area contributed by atoms with Crippen molar-refractivity contribution in [3.05, 3.63) is 77.4 Å². The number of hydrogen-bond acceptors (Lipinski definition) is 3. The second-order valence-corrected chi connectivity index (χ2v) is 9.17. The first kappa shape index (κ1) is 23.0. The number of hydrogen-bond donors (Lipinski definition) is 0. The van der Waals surface area contributed by atoms with Gasteiger partial charge in [-0.3, -0.25) is 14.4 Å². The lowest BCUT2D eigenvalue weighted by Crippen LogP contribution is -2.47. The third-order valence-electron chi connectivity index (χ3n) is 6.89. The van der Waals surface area contributed by atoms with Crippen molar-refractivity contribution in [3.8, 4) is 0 Å². The van der Waals surface area contributed by atoms with Crippen molar-refractivity contribution in [3.63, 3.8) is 0 Å². The molecule has 4 rings (SSSR count). The predicted octanol–water partition coefficient (Wildman–Crippen LogP) is 4.37. The Kier molecular flexibility index (Phi) is 7.38. The van der Waals surface area contributed by atoms with E-state index in [1.807, 2.05) is 77.4 Å². The third kappa shape index (κ3) is 5.78. The van der Waals surface area contributed by atoms with E-state index in [0.29, 0.717) is 39.0 Å². The Labute approximate surface area is 196 Å². The summed E-state index contributed by atoms with van der Waals surface area (Å²) in [5, 5.41) is 0. The number of rotatable bonds is 5. The molecule has 172 valence electrons. The van der Waals surface area contributed by atoms with E-state index in [4.69, 9.17) is 0 Å². The number of amides is 2. The number of benzene rings is 2. The zero-order valence-corrected chi connectivity index (χ0v) is 19.3. The van der Waals surface area contributed by atoms with Gasteiger partial charge in [0.2, 0.25) is 11.8 Å². The fourth-order valence-corrected chi connectivity index (χ4v) is 4.76. The summed E-state index contributed by atoms with van der Waals surface area (Å²) in [5.41, 5.74) is 2.91. The first-order valence-electron chi connectivity index (χ1n) is 11.9.